The molecule has 2 N–H and O–H groups in total. The van der Waals surface area contributed by atoms with Crippen LogP contribution in [0.15, 0.2) is 41.6 Å². The van der Waals surface area contributed by atoms with Crippen LogP contribution in [0, 0.1) is 16.7 Å². The van der Waals surface area contributed by atoms with E-state index in [1.807, 2.05) is 36.4 Å². The highest BCUT2D eigenvalue weighted by molar-refractivity contribution is 6.04. The van der Waals surface area contributed by atoms with Crippen molar-refractivity contribution in [1.82, 2.24) is 0 Å². The fraction of sp³-hybridized carbons (Fsp3) is 0.312. The molecule has 6 nitrogen and oxygen atoms in total. The summed E-state index contributed by atoms with van der Waals surface area (Å²) in [5.41, 5.74) is 5.14. The summed E-state index contributed by atoms with van der Waals surface area (Å²) in [6.07, 6.45) is 0.0189. The third kappa shape index (κ3) is 2.11. The zero-order valence-electron chi connectivity index (χ0n) is 12.3. The van der Waals surface area contributed by atoms with Crippen molar-refractivity contribution in [3.8, 4) is 6.07 Å². The highest BCUT2D eigenvalue weighted by Gasteiger charge is 2.58. The Kier molecular flexibility index (Phi) is 4.18. The second-order valence-electron chi connectivity index (χ2n) is 5.00. The smallest absolute Gasteiger partial charge is 0.329 e. The van der Waals surface area contributed by atoms with E-state index >= 15 is 0 Å². The quantitative estimate of drug-likeness (QED) is 0.665. The van der Waals surface area contributed by atoms with Gasteiger partial charge >= 0.3 is 11.9 Å². The highest BCUT2D eigenvalue weighted by Crippen LogP contribution is 2.49. The maximum absolute atomic E-state index is 12.2. The summed E-state index contributed by atoms with van der Waals surface area (Å²) in [6.45, 7) is 0. The van der Waals surface area contributed by atoms with Crippen molar-refractivity contribution in [1.29, 1.82) is 5.26 Å². The molecule has 6 heteroatoms. The average Bonchev–Trinajstić information content (AvgIpc) is 2.87. The van der Waals surface area contributed by atoms with Gasteiger partial charge in [-0.1, -0.05) is 30.3 Å². The molecule has 2 rings (SSSR count). The summed E-state index contributed by atoms with van der Waals surface area (Å²) in [5.74, 6) is -2.09. The number of nitrogens with two attached hydrogens (primary N) is 1. The first-order valence-corrected chi connectivity index (χ1v) is 6.65. The Morgan fingerprint density at radius 2 is 1.77 bits per heavy atom. The lowest BCUT2D eigenvalue weighted by Gasteiger charge is -2.25. The Morgan fingerprint density at radius 3 is 2.23 bits per heavy atom. The number of ether oxygens (including phenoxy) is 2. The number of nitrogens with zero attached hydrogens (tertiary/aromatic N) is 1. The van der Waals surface area contributed by atoms with E-state index < -0.39 is 23.3 Å². The summed E-state index contributed by atoms with van der Waals surface area (Å²) >= 11 is 0. The molecule has 114 valence electrons. The molecule has 0 aliphatic heterocycles. The van der Waals surface area contributed by atoms with Crippen molar-refractivity contribution in [2.24, 2.45) is 11.1 Å². The van der Waals surface area contributed by atoms with Gasteiger partial charge in [0.1, 0.15) is 0 Å². The van der Waals surface area contributed by atoms with Crippen molar-refractivity contribution in [2.45, 2.75) is 12.3 Å². The predicted molar refractivity (Wildman–Crippen MR) is 77.1 cm³/mol. The molecular formula is C16H16N2O4. The molecule has 0 spiro atoms. The Hall–Kier alpha value is -2.81. The maximum atomic E-state index is 12.2. The van der Waals surface area contributed by atoms with Crippen LogP contribution in [0.4, 0.5) is 0 Å². The second-order valence-corrected chi connectivity index (χ2v) is 5.00. The third-order valence-corrected chi connectivity index (χ3v) is 4.00. The number of carbonyl (C=O) groups is 2. The molecule has 1 aromatic rings. The highest BCUT2D eigenvalue weighted by atomic mass is 16.5. The first kappa shape index (κ1) is 15.6. The number of rotatable bonds is 3. The molecule has 0 radical (unpaired) electrons. The van der Waals surface area contributed by atoms with Gasteiger partial charge in [0.15, 0.2) is 0 Å². The second kappa shape index (κ2) is 5.90. The van der Waals surface area contributed by atoms with E-state index in [2.05, 4.69) is 0 Å². The van der Waals surface area contributed by atoms with Crippen LogP contribution in [0.3, 0.4) is 0 Å². The van der Waals surface area contributed by atoms with Gasteiger partial charge in [-0.05, 0) is 12.0 Å². The molecule has 0 fully saturated rings. The van der Waals surface area contributed by atoms with E-state index in [1.54, 1.807) is 0 Å². The largest absolute Gasteiger partial charge is 0.468 e. The van der Waals surface area contributed by atoms with Crippen molar-refractivity contribution in [3.05, 3.63) is 47.2 Å². The van der Waals surface area contributed by atoms with Crippen molar-refractivity contribution < 1.29 is 19.1 Å². The number of benzene rings is 1. The van der Waals surface area contributed by atoms with Gasteiger partial charge in [0, 0.05) is 5.92 Å². The Balaban J connectivity index is 2.61. The first-order valence-electron chi connectivity index (χ1n) is 6.65. The van der Waals surface area contributed by atoms with Gasteiger partial charge in [0.2, 0.25) is 5.41 Å². The molecule has 1 aliphatic rings. The molecule has 0 saturated heterocycles. The molecule has 1 aromatic carbocycles. The van der Waals surface area contributed by atoms with Gasteiger partial charge in [-0.3, -0.25) is 9.59 Å². The van der Waals surface area contributed by atoms with Crippen LogP contribution in [-0.4, -0.2) is 26.2 Å². The molecule has 1 unspecified atom stereocenters. The van der Waals surface area contributed by atoms with Crippen LogP contribution in [0.1, 0.15) is 17.9 Å². The Bertz CT molecular complexity index is 657. The normalized spacial score (nSPS) is 19.4. The fourth-order valence-corrected chi connectivity index (χ4v) is 2.86. The Morgan fingerprint density at radius 1 is 1.23 bits per heavy atom. The van der Waals surface area contributed by atoms with Gasteiger partial charge in [0.05, 0.1) is 31.6 Å². The first-order chi connectivity index (χ1) is 10.5. The minimum atomic E-state index is -1.77. The summed E-state index contributed by atoms with van der Waals surface area (Å²) < 4.78 is 9.49. The van der Waals surface area contributed by atoms with E-state index in [0.717, 1.165) is 5.56 Å². The van der Waals surface area contributed by atoms with Gasteiger partial charge in [-0.25, -0.2) is 0 Å². The minimum absolute atomic E-state index is 0.0189. The molecule has 1 atom stereocenters. The minimum Gasteiger partial charge on any atom is -0.468 e. The van der Waals surface area contributed by atoms with Crippen LogP contribution >= 0.6 is 0 Å². The standard InChI is InChI=1S/C16H16N2O4/c1-21-14(19)16(15(20)22-2)8-11(12(9-17)13(16)18)10-6-4-3-5-7-10/h3-7,11H,8,18H2,1-2H3. The van der Waals surface area contributed by atoms with Gasteiger partial charge in [-0.2, -0.15) is 5.26 Å². The topological polar surface area (TPSA) is 102 Å². The van der Waals surface area contributed by atoms with E-state index in [-0.39, 0.29) is 17.7 Å². The summed E-state index contributed by atoms with van der Waals surface area (Å²) in [7, 11) is 2.34. The molecule has 0 saturated carbocycles. The van der Waals surface area contributed by atoms with Crippen LogP contribution in [0.25, 0.3) is 0 Å². The summed E-state index contributed by atoms with van der Waals surface area (Å²) in [4.78, 5) is 24.5. The number of esters is 2. The zero-order valence-corrected chi connectivity index (χ0v) is 12.3. The lowest BCUT2D eigenvalue weighted by Crippen LogP contribution is -2.43. The van der Waals surface area contributed by atoms with E-state index in [9.17, 15) is 14.9 Å². The number of methoxy groups -OCH3 is 2. The van der Waals surface area contributed by atoms with Gasteiger partial charge in [-0.15, -0.1) is 0 Å². The maximum Gasteiger partial charge on any atom is 0.329 e. The number of hydrogen-bond acceptors (Lipinski definition) is 6. The van der Waals surface area contributed by atoms with Crippen LogP contribution in [0.2, 0.25) is 0 Å². The number of carbonyl (C=O) groups excluding carboxylic acids is 2. The SMILES string of the molecule is COC(=O)C1(C(=O)OC)CC(c2ccccc2)C(C#N)=C1N. The lowest BCUT2D eigenvalue weighted by atomic mass is 9.81. The fourth-order valence-electron chi connectivity index (χ4n) is 2.86. The third-order valence-electron chi connectivity index (χ3n) is 4.00. The number of hydrogen-bond donors (Lipinski definition) is 1. The lowest BCUT2D eigenvalue weighted by molar-refractivity contribution is -0.166. The molecule has 0 aromatic heterocycles. The molecule has 0 bridgehead atoms. The van der Waals surface area contributed by atoms with E-state index in [4.69, 9.17) is 15.2 Å². The molecule has 0 heterocycles. The van der Waals surface area contributed by atoms with Crippen LogP contribution in [-0.2, 0) is 19.1 Å². The predicted octanol–water partition coefficient (Wildman–Crippen LogP) is 1.24. The molecule has 22 heavy (non-hydrogen) atoms. The number of allylic oxidation sites excluding steroid dienone is 1. The molecule has 1 aliphatic carbocycles. The van der Waals surface area contributed by atoms with Gasteiger partial charge in [0.25, 0.3) is 0 Å². The van der Waals surface area contributed by atoms with Gasteiger partial charge < -0.3 is 15.2 Å². The zero-order chi connectivity index (χ0) is 16.3. The van der Waals surface area contributed by atoms with Crippen LogP contribution < -0.4 is 5.73 Å². The summed E-state index contributed by atoms with van der Waals surface area (Å²) in [5, 5.41) is 9.42. The number of nitriles is 1. The van der Waals surface area contributed by atoms with Crippen molar-refractivity contribution in [3.63, 3.8) is 0 Å². The average molecular weight is 300 g/mol. The Labute approximate surface area is 128 Å². The molecule has 0 amide bonds. The van der Waals surface area contributed by atoms with E-state index in [1.165, 1.54) is 14.2 Å². The van der Waals surface area contributed by atoms with Crippen molar-refractivity contribution in [2.75, 3.05) is 14.2 Å². The monoisotopic (exact) mass is 300 g/mol. The van der Waals surface area contributed by atoms with Crippen LogP contribution in [0.5, 0.6) is 0 Å². The summed E-state index contributed by atoms with van der Waals surface area (Å²) in [6, 6.07) is 11.1. The van der Waals surface area contributed by atoms with E-state index in [0.29, 0.717) is 0 Å². The van der Waals surface area contributed by atoms with Crippen molar-refractivity contribution >= 4 is 11.9 Å². The molecular weight excluding hydrogens is 284 g/mol.